The minimum Gasteiger partial charge on any atom is -0.316 e. The molecule has 5 heteroatoms. The molecular formula is C13H28N2O2S. The minimum absolute atomic E-state index is 0.147. The Labute approximate surface area is 112 Å². The summed E-state index contributed by atoms with van der Waals surface area (Å²) >= 11 is 0. The van der Waals surface area contributed by atoms with Crippen molar-refractivity contribution in [1.29, 1.82) is 0 Å². The van der Waals surface area contributed by atoms with E-state index in [0.29, 0.717) is 12.0 Å². The fourth-order valence-electron chi connectivity index (χ4n) is 2.34. The first-order valence-electron chi connectivity index (χ1n) is 7.05. The Balaban J connectivity index is 2.28. The molecule has 0 aliphatic heterocycles. The highest BCUT2D eigenvalue weighted by Gasteiger charge is 2.28. The first kappa shape index (κ1) is 15.9. The Morgan fingerprint density at radius 2 is 1.78 bits per heavy atom. The summed E-state index contributed by atoms with van der Waals surface area (Å²) in [6, 6.07) is 0.147. The van der Waals surface area contributed by atoms with Crippen LogP contribution in [0.1, 0.15) is 52.9 Å². The highest BCUT2D eigenvalue weighted by molar-refractivity contribution is 7.89. The van der Waals surface area contributed by atoms with Crippen LogP contribution in [0.4, 0.5) is 0 Å². The van der Waals surface area contributed by atoms with Crippen LogP contribution in [-0.4, -0.2) is 33.3 Å². The normalized spacial score (nSPS) is 21.1. The van der Waals surface area contributed by atoms with Gasteiger partial charge in [-0.25, -0.2) is 13.1 Å². The van der Waals surface area contributed by atoms with Crippen molar-refractivity contribution < 1.29 is 8.42 Å². The van der Waals surface area contributed by atoms with E-state index in [1.54, 1.807) is 0 Å². The molecule has 0 radical (unpaired) electrons. The summed E-state index contributed by atoms with van der Waals surface area (Å²) in [5.74, 6) is 0.187. The summed E-state index contributed by atoms with van der Waals surface area (Å²) < 4.78 is 26.6. The standard InChI is InChI=1S/C13H28N2O2S/c1-4-9-14-10-11-18(16,17)15-12-5-7-13(2,3)8-6-12/h12,14-15H,4-11H2,1-3H3. The molecule has 1 aliphatic rings. The second kappa shape index (κ2) is 6.87. The lowest BCUT2D eigenvalue weighted by atomic mass is 9.76. The Bertz CT molecular complexity index is 329. The maximum Gasteiger partial charge on any atom is 0.213 e. The Hall–Kier alpha value is -0.130. The minimum atomic E-state index is -3.11. The van der Waals surface area contributed by atoms with Crippen LogP contribution in [0.2, 0.25) is 0 Å². The Morgan fingerprint density at radius 3 is 2.33 bits per heavy atom. The number of hydrogen-bond donors (Lipinski definition) is 2. The van der Waals surface area contributed by atoms with E-state index in [9.17, 15) is 8.42 Å². The quantitative estimate of drug-likeness (QED) is 0.698. The van der Waals surface area contributed by atoms with Crippen molar-refractivity contribution in [1.82, 2.24) is 10.0 Å². The third-order valence-corrected chi connectivity index (χ3v) is 5.09. The molecule has 0 aromatic carbocycles. The van der Waals surface area contributed by atoms with Crippen LogP contribution in [0.25, 0.3) is 0 Å². The topological polar surface area (TPSA) is 58.2 Å². The SMILES string of the molecule is CCCNCCS(=O)(=O)NC1CCC(C)(C)CC1. The van der Waals surface area contributed by atoms with Crippen molar-refractivity contribution >= 4 is 10.0 Å². The lowest BCUT2D eigenvalue weighted by Gasteiger charge is -2.34. The first-order valence-corrected chi connectivity index (χ1v) is 8.70. The van der Waals surface area contributed by atoms with Gasteiger partial charge in [-0.2, -0.15) is 0 Å². The van der Waals surface area contributed by atoms with E-state index in [1.165, 1.54) is 0 Å². The molecular weight excluding hydrogens is 248 g/mol. The molecule has 0 bridgehead atoms. The van der Waals surface area contributed by atoms with Gasteiger partial charge in [-0.1, -0.05) is 20.8 Å². The van der Waals surface area contributed by atoms with Crippen LogP contribution in [0, 0.1) is 5.41 Å². The van der Waals surface area contributed by atoms with Gasteiger partial charge in [-0.15, -0.1) is 0 Å². The number of sulfonamides is 1. The van der Waals surface area contributed by atoms with Gasteiger partial charge < -0.3 is 5.32 Å². The number of hydrogen-bond acceptors (Lipinski definition) is 3. The first-order chi connectivity index (χ1) is 8.35. The smallest absolute Gasteiger partial charge is 0.213 e. The van der Waals surface area contributed by atoms with E-state index >= 15 is 0 Å². The van der Waals surface area contributed by atoms with Crippen molar-refractivity contribution in [3.05, 3.63) is 0 Å². The zero-order valence-corrected chi connectivity index (χ0v) is 12.8. The summed E-state index contributed by atoms with van der Waals surface area (Å²) in [6.07, 6.45) is 5.18. The van der Waals surface area contributed by atoms with Gasteiger partial charge in [0.25, 0.3) is 0 Å². The molecule has 0 amide bonds. The fraction of sp³-hybridized carbons (Fsp3) is 1.00. The number of nitrogens with one attached hydrogen (secondary N) is 2. The second-order valence-electron chi connectivity index (χ2n) is 6.13. The predicted molar refractivity (Wildman–Crippen MR) is 76.1 cm³/mol. The molecule has 0 aromatic heterocycles. The highest BCUT2D eigenvalue weighted by atomic mass is 32.2. The van der Waals surface area contributed by atoms with Gasteiger partial charge >= 0.3 is 0 Å². The average molecular weight is 276 g/mol. The van der Waals surface area contributed by atoms with Gasteiger partial charge in [0.15, 0.2) is 0 Å². The molecule has 1 rings (SSSR count). The van der Waals surface area contributed by atoms with Crippen LogP contribution in [0.3, 0.4) is 0 Å². The lowest BCUT2D eigenvalue weighted by Crippen LogP contribution is -2.41. The van der Waals surface area contributed by atoms with E-state index in [4.69, 9.17) is 0 Å². The van der Waals surface area contributed by atoms with Crippen LogP contribution in [0.15, 0.2) is 0 Å². The third kappa shape index (κ3) is 6.16. The molecule has 0 heterocycles. The van der Waals surface area contributed by atoms with E-state index in [1.807, 2.05) is 0 Å². The van der Waals surface area contributed by atoms with E-state index in [-0.39, 0.29) is 11.8 Å². The number of rotatable bonds is 7. The van der Waals surface area contributed by atoms with E-state index in [0.717, 1.165) is 38.6 Å². The maximum absolute atomic E-state index is 11.9. The predicted octanol–water partition coefficient (Wildman–Crippen LogP) is 1.87. The van der Waals surface area contributed by atoms with Gasteiger partial charge in [-0.3, -0.25) is 0 Å². The van der Waals surface area contributed by atoms with Gasteiger partial charge in [0.05, 0.1) is 5.75 Å². The monoisotopic (exact) mass is 276 g/mol. The highest BCUT2D eigenvalue weighted by Crippen LogP contribution is 2.35. The second-order valence-corrected chi connectivity index (χ2v) is 8.00. The molecule has 0 spiro atoms. The van der Waals surface area contributed by atoms with Gasteiger partial charge in [0, 0.05) is 12.6 Å². The zero-order valence-electron chi connectivity index (χ0n) is 12.0. The molecule has 0 saturated heterocycles. The molecule has 2 N–H and O–H groups in total. The van der Waals surface area contributed by atoms with Crippen LogP contribution < -0.4 is 10.0 Å². The zero-order chi connectivity index (χ0) is 13.6. The van der Waals surface area contributed by atoms with E-state index in [2.05, 4.69) is 30.8 Å². The largest absolute Gasteiger partial charge is 0.316 e. The molecule has 1 saturated carbocycles. The van der Waals surface area contributed by atoms with Crippen molar-refractivity contribution in [3.8, 4) is 0 Å². The summed E-state index contributed by atoms with van der Waals surface area (Å²) in [4.78, 5) is 0. The van der Waals surface area contributed by atoms with Gasteiger partial charge in [0.2, 0.25) is 10.0 Å². The average Bonchev–Trinajstić information content (AvgIpc) is 2.27. The van der Waals surface area contributed by atoms with Crippen molar-refractivity contribution in [2.24, 2.45) is 5.41 Å². The molecule has 18 heavy (non-hydrogen) atoms. The van der Waals surface area contributed by atoms with Crippen molar-refractivity contribution in [3.63, 3.8) is 0 Å². The Kier molecular flexibility index (Phi) is 6.08. The summed E-state index contributed by atoms with van der Waals surface area (Å²) in [6.45, 7) is 8.01. The summed E-state index contributed by atoms with van der Waals surface area (Å²) in [5.41, 5.74) is 0.380. The third-order valence-electron chi connectivity index (χ3n) is 3.66. The van der Waals surface area contributed by atoms with Gasteiger partial charge in [0.1, 0.15) is 0 Å². The molecule has 0 unspecified atom stereocenters. The van der Waals surface area contributed by atoms with Gasteiger partial charge in [-0.05, 0) is 44.1 Å². The van der Waals surface area contributed by atoms with E-state index < -0.39 is 10.0 Å². The van der Waals surface area contributed by atoms with Crippen molar-refractivity contribution in [2.75, 3.05) is 18.8 Å². The summed E-state index contributed by atoms with van der Waals surface area (Å²) in [7, 11) is -3.11. The molecule has 4 nitrogen and oxygen atoms in total. The molecule has 108 valence electrons. The molecule has 0 aromatic rings. The van der Waals surface area contributed by atoms with Crippen LogP contribution in [0.5, 0.6) is 0 Å². The van der Waals surface area contributed by atoms with Crippen LogP contribution >= 0.6 is 0 Å². The molecule has 1 fully saturated rings. The maximum atomic E-state index is 11.9. The Morgan fingerprint density at radius 1 is 1.17 bits per heavy atom. The molecule has 1 aliphatic carbocycles. The fourth-order valence-corrected chi connectivity index (χ4v) is 3.61. The van der Waals surface area contributed by atoms with Crippen LogP contribution in [-0.2, 0) is 10.0 Å². The summed E-state index contributed by atoms with van der Waals surface area (Å²) in [5, 5.41) is 3.12. The lowest BCUT2D eigenvalue weighted by molar-refractivity contribution is 0.218. The van der Waals surface area contributed by atoms with Crippen molar-refractivity contribution in [2.45, 2.75) is 58.9 Å². The molecule has 0 atom stereocenters.